The first kappa shape index (κ1) is 19.7. The van der Waals surface area contributed by atoms with E-state index in [-0.39, 0.29) is 18.3 Å². The van der Waals surface area contributed by atoms with Gasteiger partial charge < -0.3 is 10.6 Å². The topological polar surface area (TPSA) is 41.1 Å². The van der Waals surface area contributed by atoms with Gasteiger partial charge in [0.2, 0.25) is 5.91 Å². The molecule has 0 spiro atoms. The van der Waals surface area contributed by atoms with Gasteiger partial charge in [-0.25, -0.2) is 0 Å². The van der Waals surface area contributed by atoms with Gasteiger partial charge in [-0.2, -0.15) is 0 Å². The molecule has 0 aromatic carbocycles. The van der Waals surface area contributed by atoms with Crippen molar-refractivity contribution in [1.29, 1.82) is 0 Å². The normalized spacial score (nSPS) is 23.0. The monoisotopic (exact) mass is 304 g/mol. The Balaban J connectivity index is 0.00000361. The van der Waals surface area contributed by atoms with Gasteiger partial charge in [0.15, 0.2) is 0 Å². The van der Waals surface area contributed by atoms with Crippen molar-refractivity contribution in [3.63, 3.8) is 0 Å². The molecule has 3 nitrogen and oxygen atoms in total. The number of hydrogen-bond donors (Lipinski definition) is 2. The van der Waals surface area contributed by atoms with Gasteiger partial charge in [0.05, 0.1) is 0 Å². The summed E-state index contributed by atoms with van der Waals surface area (Å²) in [6.07, 6.45) is 7.68. The van der Waals surface area contributed by atoms with Gasteiger partial charge in [0, 0.05) is 12.5 Å². The highest BCUT2D eigenvalue weighted by atomic mass is 35.5. The van der Waals surface area contributed by atoms with Crippen molar-refractivity contribution in [3.8, 4) is 0 Å². The molecule has 1 saturated carbocycles. The zero-order chi connectivity index (χ0) is 14.3. The summed E-state index contributed by atoms with van der Waals surface area (Å²) in [6.45, 7) is 7.98. The molecular formula is C16H33ClN2O. The molecule has 0 bridgehead atoms. The lowest BCUT2D eigenvalue weighted by atomic mass is 9.69. The molecule has 0 aromatic heterocycles. The Morgan fingerprint density at radius 2 is 1.80 bits per heavy atom. The van der Waals surface area contributed by atoms with Crippen molar-refractivity contribution < 1.29 is 4.79 Å². The van der Waals surface area contributed by atoms with Gasteiger partial charge in [0.25, 0.3) is 0 Å². The number of halogens is 1. The van der Waals surface area contributed by atoms with E-state index in [4.69, 9.17) is 0 Å². The summed E-state index contributed by atoms with van der Waals surface area (Å²) in [5.41, 5.74) is 0.460. The van der Waals surface area contributed by atoms with E-state index in [1.54, 1.807) is 0 Å². The van der Waals surface area contributed by atoms with Crippen molar-refractivity contribution in [3.05, 3.63) is 0 Å². The van der Waals surface area contributed by atoms with Crippen LogP contribution in [-0.4, -0.2) is 25.5 Å². The molecule has 0 radical (unpaired) electrons. The van der Waals surface area contributed by atoms with Gasteiger partial charge in [-0.3, -0.25) is 4.79 Å². The predicted molar refractivity (Wildman–Crippen MR) is 88.4 cm³/mol. The van der Waals surface area contributed by atoms with Crippen LogP contribution >= 0.6 is 12.4 Å². The minimum absolute atomic E-state index is 0. The first-order valence-electron chi connectivity index (χ1n) is 7.93. The molecule has 0 aliphatic heterocycles. The Labute approximate surface area is 131 Å². The standard InChI is InChI=1S/C16H32N2O.ClH/c1-5-16(2,3)13-8-10-14(11-9-13)18-15(19)7-6-12-17-4;/h13-14,17H,5-12H2,1-4H3,(H,18,19);1H. The highest BCUT2D eigenvalue weighted by Crippen LogP contribution is 2.40. The number of hydrogen-bond acceptors (Lipinski definition) is 2. The smallest absolute Gasteiger partial charge is 0.220 e. The Morgan fingerprint density at radius 1 is 1.20 bits per heavy atom. The van der Waals surface area contributed by atoms with Crippen molar-refractivity contribution in [2.45, 2.75) is 71.8 Å². The molecule has 1 aliphatic carbocycles. The van der Waals surface area contributed by atoms with E-state index in [2.05, 4.69) is 31.4 Å². The molecule has 1 amide bonds. The number of rotatable bonds is 7. The number of carbonyl (C=O) groups is 1. The Kier molecular flexibility index (Phi) is 9.48. The minimum Gasteiger partial charge on any atom is -0.353 e. The quantitative estimate of drug-likeness (QED) is 0.707. The number of nitrogens with one attached hydrogen (secondary N) is 2. The van der Waals surface area contributed by atoms with Crippen LogP contribution in [0.5, 0.6) is 0 Å². The van der Waals surface area contributed by atoms with Gasteiger partial charge >= 0.3 is 0 Å². The lowest BCUT2D eigenvalue weighted by molar-refractivity contribution is -0.122. The average molecular weight is 305 g/mol. The SMILES string of the molecule is CCC(C)(C)C1CCC(NC(=O)CCCNC)CC1.Cl. The second kappa shape index (κ2) is 9.62. The third-order valence-electron chi connectivity index (χ3n) is 4.94. The van der Waals surface area contributed by atoms with Gasteiger partial charge in [-0.05, 0) is 57.0 Å². The van der Waals surface area contributed by atoms with E-state index in [9.17, 15) is 4.79 Å². The van der Waals surface area contributed by atoms with Crippen LogP contribution in [0.2, 0.25) is 0 Å². The van der Waals surface area contributed by atoms with E-state index < -0.39 is 0 Å². The lowest BCUT2D eigenvalue weighted by Gasteiger charge is -2.39. The highest BCUT2D eigenvalue weighted by molar-refractivity contribution is 5.85. The van der Waals surface area contributed by atoms with Crippen LogP contribution in [0, 0.1) is 11.3 Å². The molecule has 2 N–H and O–H groups in total. The molecule has 1 fully saturated rings. The second-order valence-electron chi connectivity index (χ2n) is 6.67. The molecule has 1 rings (SSSR count). The largest absolute Gasteiger partial charge is 0.353 e. The van der Waals surface area contributed by atoms with E-state index in [1.165, 1.54) is 19.3 Å². The zero-order valence-corrected chi connectivity index (χ0v) is 14.4. The van der Waals surface area contributed by atoms with E-state index in [0.717, 1.165) is 31.7 Å². The van der Waals surface area contributed by atoms with E-state index in [1.807, 2.05) is 7.05 Å². The van der Waals surface area contributed by atoms with Gasteiger partial charge in [0.1, 0.15) is 0 Å². The van der Waals surface area contributed by atoms with Crippen LogP contribution in [0.4, 0.5) is 0 Å². The maximum atomic E-state index is 11.8. The van der Waals surface area contributed by atoms with Crippen LogP contribution in [0.25, 0.3) is 0 Å². The summed E-state index contributed by atoms with van der Waals surface area (Å²) >= 11 is 0. The Hall–Kier alpha value is -0.280. The summed E-state index contributed by atoms with van der Waals surface area (Å²) in [5, 5.41) is 6.28. The van der Waals surface area contributed by atoms with Crippen molar-refractivity contribution in [2.24, 2.45) is 11.3 Å². The number of carbonyl (C=O) groups excluding carboxylic acids is 1. The molecule has 1 aliphatic rings. The second-order valence-corrected chi connectivity index (χ2v) is 6.67. The zero-order valence-electron chi connectivity index (χ0n) is 13.6. The minimum atomic E-state index is 0. The average Bonchev–Trinajstić information content (AvgIpc) is 2.39. The van der Waals surface area contributed by atoms with Crippen LogP contribution in [0.3, 0.4) is 0 Å². The summed E-state index contributed by atoms with van der Waals surface area (Å²) in [4.78, 5) is 11.8. The summed E-state index contributed by atoms with van der Waals surface area (Å²) in [5.74, 6) is 1.06. The lowest BCUT2D eigenvalue weighted by Crippen LogP contribution is -2.40. The fourth-order valence-corrected chi connectivity index (χ4v) is 3.03. The molecule has 0 heterocycles. The first-order chi connectivity index (χ1) is 8.99. The Bertz CT molecular complexity index is 274. The summed E-state index contributed by atoms with van der Waals surface area (Å²) in [6, 6.07) is 0.422. The van der Waals surface area contributed by atoms with E-state index >= 15 is 0 Å². The molecule has 0 aromatic rings. The predicted octanol–water partition coefficient (Wildman–Crippen LogP) is 3.52. The Morgan fingerprint density at radius 3 is 2.30 bits per heavy atom. The molecule has 0 unspecified atom stereocenters. The molecule has 120 valence electrons. The van der Waals surface area contributed by atoms with Crippen molar-refractivity contribution in [1.82, 2.24) is 10.6 Å². The highest BCUT2D eigenvalue weighted by Gasteiger charge is 2.31. The molecule has 0 atom stereocenters. The fraction of sp³-hybridized carbons (Fsp3) is 0.938. The van der Waals surface area contributed by atoms with Gasteiger partial charge in [-0.15, -0.1) is 12.4 Å². The molecule has 0 saturated heterocycles. The van der Waals surface area contributed by atoms with Crippen LogP contribution in [0.15, 0.2) is 0 Å². The maximum Gasteiger partial charge on any atom is 0.220 e. The maximum absolute atomic E-state index is 11.8. The molecule has 20 heavy (non-hydrogen) atoms. The van der Waals surface area contributed by atoms with Crippen LogP contribution < -0.4 is 10.6 Å². The number of amides is 1. The molecule has 4 heteroatoms. The van der Waals surface area contributed by atoms with Gasteiger partial charge in [-0.1, -0.05) is 27.2 Å². The van der Waals surface area contributed by atoms with Crippen LogP contribution in [-0.2, 0) is 4.79 Å². The third kappa shape index (κ3) is 6.45. The van der Waals surface area contributed by atoms with Crippen molar-refractivity contribution in [2.75, 3.05) is 13.6 Å². The van der Waals surface area contributed by atoms with E-state index in [0.29, 0.717) is 17.9 Å². The van der Waals surface area contributed by atoms with Crippen LogP contribution in [0.1, 0.15) is 65.7 Å². The molecular weight excluding hydrogens is 272 g/mol. The van der Waals surface area contributed by atoms with Crippen molar-refractivity contribution >= 4 is 18.3 Å². The summed E-state index contributed by atoms with van der Waals surface area (Å²) in [7, 11) is 1.93. The third-order valence-corrected chi connectivity index (χ3v) is 4.94. The fourth-order valence-electron chi connectivity index (χ4n) is 3.03. The first-order valence-corrected chi connectivity index (χ1v) is 7.93. The summed E-state index contributed by atoms with van der Waals surface area (Å²) < 4.78 is 0.